The Balaban J connectivity index is 0.00000169. The zero-order valence-corrected chi connectivity index (χ0v) is 17.1. The van der Waals surface area contributed by atoms with Crippen molar-refractivity contribution in [2.45, 2.75) is 19.8 Å². The average Bonchev–Trinajstić information content (AvgIpc) is 3.02. The van der Waals surface area contributed by atoms with Crippen LogP contribution in [0.4, 0.5) is 5.82 Å². The first-order valence-corrected chi connectivity index (χ1v) is 8.96. The van der Waals surface area contributed by atoms with Crippen molar-refractivity contribution in [2.24, 2.45) is 11.1 Å². The molecule has 0 saturated carbocycles. The lowest BCUT2D eigenvalue weighted by Crippen LogP contribution is -2.49. The van der Waals surface area contributed by atoms with E-state index >= 15 is 0 Å². The number of hydrogen-bond acceptors (Lipinski definition) is 5. The molecule has 2 aliphatic rings. The highest BCUT2D eigenvalue weighted by atomic mass is 35.5. The largest absolute Gasteiger partial charge is 0.353 e. The Bertz CT molecular complexity index is 554. The maximum absolute atomic E-state index is 12.5. The van der Waals surface area contributed by atoms with E-state index in [1.54, 1.807) is 0 Å². The molecule has 148 valence electrons. The summed E-state index contributed by atoms with van der Waals surface area (Å²) < 4.78 is 0. The van der Waals surface area contributed by atoms with Crippen LogP contribution in [0.25, 0.3) is 0 Å². The number of carbonyl (C=O) groups excluding carboxylic acids is 1. The van der Waals surface area contributed by atoms with Gasteiger partial charge in [0.2, 0.25) is 5.91 Å². The van der Waals surface area contributed by atoms with Gasteiger partial charge in [-0.1, -0.05) is 13.0 Å². The number of likely N-dealkylation sites (tertiary alicyclic amines) is 1. The van der Waals surface area contributed by atoms with E-state index in [9.17, 15) is 4.79 Å². The summed E-state index contributed by atoms with van der Waals surface area (Å²) in [6, 6.07) is 5.96. The van der Waals surface area contributed by atoms with Crippen molar-refractivity contribution in [1.29, 1.82) is 0 Å². The first kappa shape index (κ1) is 23.0. The molecule has 2 aliphatic heterocycles. The minimum Gasteiger partial charge on any atom is -0.353 e. The molecule has 0 spiro atoms. The number of nitrogens with two attached hydrogens (primary N) is 1. The van der Waals surface area contributed by atoms with Crippen LogP contribution in [0.3, 0.4) is 0 Å². The quantitative estimate of drug-likeness (QED) is 0.808. The maximum atomic E-state index is 12.5. The first-order valence-electron chi connectivity index (χ1n) is 8.96. The third-order valence-corrected chi connectivity index (χ3v) is 5.38. The number of carbonyl (C=O) groups is 1. The van der Waals surface area contributed by atoms with Gasteiger partial charge in [-0.2, -0.15) is 0 Å². The van der Waals surface area contributed by atoms with Gasteiger partial charge in [-0.05, 0) is 37.1 Å². The zero-order valence-electron chi connectivity index (χ0n) is 15.5. The van der Waals surface area contributed by atoms with Crippen LogP contribution < -0.4 is 10.6 Å². The Morgan fingerprint density at radius 3 is 2.50 bits per heavy atom. The number of aromatic nitrogens is 1. The number of nitrogens with zero attached hydrogens (tertiary/aromatic N) is 4. The standard InChI is InChI=1S/C18H29N5O.2ClH/c1-18(14-19)6-9-21(15-18)8-5-17(24)23-12-10-22(11-13-23)16-4-2-3-7-20-16;;/h2-4,7H,5-6,8-15,19H2,1H3;2*1H. The second-order valence-corrected chi connectivity index (χ2v) is 7.35. The normalized spacial score (nSPS) is 23.3. The van der Waals surface area contributed by atoms with Crippen molar-refractivity contribution in [3.05, 3.63) is 24.4 Å². The van der Waals surface area contributed by atoms with Crippen molar-refractivity contribution in [2.75, 3.05) is 57.3 Å². The van der Waals surface area contributed by atoms with E-state index in [4.69, 9.17) is 5.73 Å². The molecule has 0 bridgehead atoms. The summed E-state index contributed by atoms with van der Waals surface area (Å²) >= 11 is 0. The minimum atomic E-state index is 0. The van der Waals surface area contributed by atoms with Crippen LogP contribution in [0.1, 0.15) is 19.8 Å². The molecule has 1 amide bonds. The molecule has 6 nitrogen and oxygen atoms in total. The van der Waals surface area contributed by atoms with Crippen LogP contribution in [0, 0.1) is 5.41 Å². The van der Waals surface area contributed by atoms with E-state index in [1.165, 1.54) is 0 Å². The fraction of sp³-hybridized carbons (Fsp3) is 0.667. The van der Waals surface area contributed by atoms with Crippen molar-refractivity contribution in [3.8, 4) is 0 Å². The molecule has 1 unspecified atom stereocenters. The molecule has 8 heteroatoms. The smallest absolute Gasteiger partial charge is 0.223 e. The summed E-state index contributed by atoms with van der Waals surface area (Å²) in [6.45, 7) is 9.20. The van der Waals surface area contributed by atoms with Gasteiger partial charge in [-0.3, -0.25) is 4.79 Å². The number of piperazine rings is 1. The Kier molecular flexibility index (Phi) is 9.10. The summed E-state index contributed by atoms with van der Waals surface area (Å²) in [5.74, 6) is 1.28. The lowest BCUT2D eigenvalue weighted by molar-refractivity contribution is -0.131. The van der Waals surface area contributed by atoms with Crippen LogP contribution in [0.15, 0.2) is 24.4 Å². The van der Waals surface area contributed by atoms with Gasteiger partial charge >= 0.3 is 0 Å². The number of amides is 1. The van der Waals surface area contributed by atoms with Crippen LogP contribution in [0.2, 0.25) is 0 Å². The zero-order chi connectivity index (χ0) is 17.0. The molecule has 3 rings (SSSR count). The Morgan fingerprint density at radius 1 is 1.19 bits per heavy atom. The Labute approximate surface area is 168 Å². The van der Waals surface area contributed by atoms with E-state index < -0.39 is 0 Å². The molecule has 0 radical (unpaired) electrons. The third kappa shape index (κ3) is 5.71. The van der Waals surface area contributed by atoms with E-state index in [-0.39, 0.29) is 36.1 Å². The van der Waals surface area contributed by atoms with Crippen LogP contribution in [-0.2, 0) is 4.79 Å². The molecule has 1 aromatic heterocycles. The second-order valence-electron chi connectivity index (χ2n) is 7.35. The van der Waals surface area contributed by atoms with Gasteiger partial charge in [0.05, 0.1) is 0 Å². The van der Waals surface area contributed by atoms with E-state index in [0.717, 1.165) is 64.6 Å². The number of anilines is 1. The van der Waals surface area contributed by atoms with Gasteiger partial charge < -0.3 is 20.4 Å². The molecule has 2 saturated heterocycles. The van der Waals surface area contributed by atoms with Crippen LogP contribution in [-0.4, -0.2) is 73.0 Å². The Morgan fingerprint density at radius 2 is 1.92 bits per heavy atom. The van der Waals surface area contributed by atoms with Gasteiger partial charge in [0.25, 0.3) is 0 Å². The molecule has 0 aliphatic carbocycles. The number of halogens is 2. The summed E-state index contributed by atoms with van der Waals surface area (Å²) in [5.41, 5.74) is 6.09. The fourth-order valence-electron chi connectivity index (χ4n) is 3.62. The SMILES string of the molecule is CC1(CN)CCN(CCC(=O)N2CCN(c3ccccn3)CC2)C1.Cl.Cl. The van der Waals surface area contributed by atoms with E-state index in [2.05, 4.69) is 21.7 Å². The molecular formula is C18H31Cl2N5O. The molecule has 1 atom stereocenters. The number of rotatable bonds is 5. The van der Waals surface area contributed by atoms with Crippen molar-refractivity contribution in [1.82, 2.24) is 14.8 Å². The highest BCUT2D eigenvalue weighted by Crippen LogP contribution is 2.28. The summed E-state index contributed by atoms with van der Waals surface area (Å²) in [7, 11) is 0. The van der Waals surface area contributed by atoms with Gasteiger partial charge in [0.15, 0.2) is 0 Å². The average molecular weight is 404 g/mol. The summed E-state index contributed by atoms with van der Waals surface area (Å²) in [4.78, 5) is 23.5. The second kappa shape index (κ2) is 10.3. The van der Waals surface area contributed by atoms with Crippen molar-refractivity contribution in [3.63, 3.8) is 0 Å². The van der Waals surface area contributed by atoms with Gasteiger partial charge in [0, 0.05) is 51.9 Å². The molecule has 3 heterocycles. The molecule has 26 heavy (non-hydrogen) atoms. The number of pyridine rings is 1. The van der Waals surface area contributed by atoms with Gasteiger partial charge in [-0.25, -0.2) is 4.98 Å². The highest BCUT2D eigenvalue weighted by molar-refractivity contribution is 5.85. The summed E-state index contributed by atoms with van der Waals surface area (Å²) in [6.07, 6.45) is 3.57. The van der Waals surface area contributed by atoms with E-state index in [1.807, 2.05) is 29.3 Å². The lowest BCUT2D eigenvalue weighted by Gasteiger charge is -2.35. The first-order chi connectivity index (χ1) is 11.6. The molecule has 1 aromatic rings. The molecule has 0 aromatic carbocycles. The van der Waals surface area contributed by atoms with Crippen molar-refractivity contribution < 1.29 is 4.79 Å². The third-order valence-electron chi connectivity index (χ3n) is 5.38. The Hall–Kier alpha value is -1.08. The van der Waals surface area contributed by atoms with Crippen molar-refractivity contribution >= 4 is 36.5 Å². The van der Waals surface area contributed by atoms with Crippen LogP contribution >= 0.6 is 24.8 Å². The minimum absolute atomic E-state index is 0. The predicted octanol–water partition coefficient (Wildman–Crippen LogP) is 1.63. The van der Waals surface area contributed by atoms with E-state index in [0.29, 0.717) is 6.42 Å². The molecule has 2 N–H and O–H groups in total. The topological polar surface area (TPSA) is 65.7 Å². The number of hydrogen-bond donors (Lipinski definition) is 1. The van der Waals surface area contributed by atoms with Crippen LogP contribution in [0.5, 0.6) is 0 Å². The maximum Gasteiger partial charge on any atom is 0.223 e. The predicted molar refractivity (Wildman–Crippen MR) is 110 cm³/mol. The highest BCUT2D eigenvalue weighted by Gasteiger charge is 2.32. The van der Waals surface area contributed by atoms with Gasteiger partial charge in [0.1, 0.15) is 5.82 Å². The monoisotopic (exact) mass is 403 g/mol. The summed E-state index contributed by atoms with van der Waals surface area (Å²) in [5, 5.41) is 0. The lowest BCUT2D eigenvalue weighted by atomic mass is 9.90. The molecule has 2 fully saturated rings. The molecular weight excluding hydrogens is 373 g/mol. The fourth-order valence-corrected chi connectivity index (χ4v) is 3.62. The van der Waals surface area contributed by atoms with Gasteiger partial charge in [-0.15, -0.1) is 24.8 Å².